The molecule has 0 bridgehead atoms. The molecule has 0 aliphatic rings. The van der Waals surface area contributed by atoms with Gasteiger partial charge < -0.3 is 5.32 Å². The minimum Gasteiger partial charge on any atom is -0.380 e. The summed E-state index contributed by atoms with van der Waals surface area (Å²) in [7, 11) is 0. The predicted molar refractivity (Wildman–Crippen MR) is 77.9 cm³/mol. The lowest BCUT2D eigenvalue weighted by molar-refractivity contribution is 0.613. The Kier molecular flexibility index (Phi) is 4.49. The van der Waals surface area contributed by atoms with Crippen LogP contribution in [0.2, 0.25) is 10.0 Å². The summed E-state index contributed by atoms with van der Waals surface area (Å²) in [5.41, 5.74) is 1.25. The van der Waals surface area contributed by atoms with Gasteiger partial charge in [0.25, 0.3) is 0 Å². The molecule has 18 heavy (non-hydrogen) atoms. The molecule has 0 unspecified atom stereocenters. The Hall–Kier alpha value is -0.770. The average Bonchev–Trinajstić information content (AvgIpc) is 2.33. The van der Waals surface area contributed by atoms with Crippen molar-refractivity contribution in [3.8, 4) is 0 Å². The number of nitrogens with one attached hydrogen (secondary N) is 1. The first-order valence-electron chi connectivity index (χ1n) is 5.20. The minimum absolute atomic E-state index is 0.121. The quantitative estimate of drug-likeness (QED) is 0.771. The second-order valence-electron chi connectivity index (χ2n) is 3.69. The van der Waals surface area contributed by atoms with E-state index in [0.29, 0.717) is 17.1 Å². The van der Waals surface area contributed by atoms with Crippen molar-refractivity contribution in [2.75, 3.05) is 5.32 Å². The van der Waals surface area contributed by atoms with Crippen LogP contribution >= 0.6 is 39.1 Å². The first kappa shape index (κ1) is 13.7. The third-order valence-electron chi connectivity index (χ3n) is 2.43. The van der Waals surface area contributed by atoms with Crippen LogP contribution in [0.3, 0.4) is 0 Å². The zero-order valence-electron chi connectivity index (χ0n) is 9.18. The van der Waals surface area contributed by atoms with Crippen LogP contribution in [0.5, 0.6) is 0 Å². The van der Waals surface area contributed by atoms with Gasteiger partial charge in [-0.25, -0.2) is 4.39 Å². The lowest BCUT2D eigenvalue weighted by atomic mass is 10.2. The van der Waals surface area contributed by atoms with Crippen LogP contribution in [-0.2, 0) is 6.54 Å². The smallest absolute Gasteiger partial charge is 0.146 e. The molecule has 0 aliphatic heterocycles. The molecule has 2 aromatic rings. The van der Waals surface area contributed by atoms with E-state index in [1.54, 1.807) is 18.2 Å². The van der Waals surface area contributed by atoms with Gasteiger partial charge in [0.05, 0.1) is 15.7 Å². The van der Waals surface area contributed by atoms with Crippen LogP contribution in [0, 0.1) is 5.82 Å². The highest BCUT2D eigenvalue weighted by Gasteiger charge is 2.07. The van der Waals surface area contributed by atoms with Crippen molar-refractivity contribution < 1.29 is 4.39 Å². The van der Waals surface area contributed by atoms with E-state index in [0.717, 1.165) is 10.2 Å². The summed E-state index contributed by atoms with van der Waals surface area (Å²) >= 11 is 15.1. The summed E-state index contributed by atoms with van der Waals surface area (Å²) in [4.78, 5) is 0. The maximum Gasteiger partial charge on any atom is 0.146 e. The lowest BCUT2D eigenvalue weighted by Gasteiger charge is -2.10. The summed E-state index contributed by atoms with van der Waals surface area (Å²) < 4.78 is 14.6. The summed E-state index contributed by atoms with van der Waals surface area (Å²) in [6.07, 6.45) is 0. The van der Waals surface area contributed by atoms with E-state index < -0.39 is 5.82 Å². The van der Waals surface area contributed by atoms with Gasteiger partial charge in [-0.1, -0.05) is 51.3 Å². The van der Waals surface area contributed by atoms with E-state index in [1.807, 2.05) is 12.1 Å². The zero-order valence-corrected chi connectivity index (χ0v) is 12.3. The van der Waals surface area contributed by atoms with Crippen LogP contribution in [0.25, 0.3) is 0 Å². The molecule has 0 radical (unpaired) electrons. The molecular weight excluding hydrogens is 340 g/mol. The highest BCUT2D eigenvalue weighted by molar-refractivity contribution is 9.10. The largest absolute Gasteiger partial charge is 0.380 e. The Morgan fingerprint density at radius 2 is 1.89 bits per heavy atom. The molecule has 2 aromatic carbocycles. The van der Waals surface area contributed by atoms with E-state index in [-0.39, 0.29) is 5.02 Å². The molecule has 0 fully saturated rings. The van der Waals surface area contributed by atoms with Gasteiger partial charge in [-0.3, -0.25) is 0 Å². The molecule has 0 aromatic heterocycles. The monoisotopic (exact) mass is 347 g/mol. The molecule has 0 atom stereocenters. The Labute approximate surface area is 123 Å². The molecule has 0 saturated heterocycles. The van der Waals surface area contributed by atoms with Crippen LogP contribution in [0.4, 0.5) is 10.1 Å². The molecule has 1 nitrogen and oxygen atoms in total. The summed E-state index contributed by atoms with van der Waals surface area (Å²) in [5.74, 6) is -0.403. The van der Waals surface area contributed by atoms with Gasteiger partial charge in [-0.15, -0.1) is 0 Å². The van der Waals surface area contributed by atoms with Crippen molar-refractivity contribution in [2.45, 2.75) is 6.54 Å². The lowest BCUT2D eigenvalue weighted by Crippen LogP contribution is -2.02. The Balaban J connectivity index is 2.14. The van der Waals surface area contributed by atoms with E-state index in [9.17, 15) is 4.39 Å². The van der Waals surface area contributed by atoms with Crippen molar-refractivity contribution >= 4 is 44.8 Å². The van der Waals surface area contributed by atoms with Gasteiger partial charge in [0.1, 0.15) is 5.82 Å². The van der Waals surface area contributed by atoms with Gasteiger partial charge >= 0.3 is 0 Å². The number of benzene rings is 2. The van der Waals surface area contributed by atoms with Crippen LogP contribution in [0.15, 0.2) is 40.9 Å². The molecule has 2 rings (SSSR count). The number of hydrogen-bond donors (Lipinski definition) is 1. The third kappa shape index (κ3) is 3.16. The van der Waals surface area contributed by atoms with Crippen molar-refractivity contribution in [1.82, 2.24) is 0 Å². The standard InChI is InChI=1S/C13H9BrCl2FN/c14-9-4-5-12(11(16)6-9)18-7-8-2-1-3-10(15)13(8)17/h1-6,18H,7H2. The first-order chi connectivity index (χ1) is 8.58. The fourth-order valence-corrected chi connectivity index (χ4v) is 2.44. The fourth-order valence-electron chi connectivity index (χ4n) is 1.51. The molecule has 1 N–H and O–H groups in total. The molecule has 0 saturated carbocycles. The molecule has 0 aliphatic carbocycles. The van der Waals surface area contributed by atoms with Gasteiger partial charge in [-0.05, 0) is 24.3 Å². The summed E-state index contributed by atoms with van der Waals surface area (Å²) in [6.45, 7) is 0.327. The number of anilines is 1. The second kappa shape index (κ2) is 5.91. The van der Waals surface area contributed by atoms with E-state index in [1.165, 1.54) is 6.07 Å². The molecule has 0 heterocycles. The van der Waals surface area contributed by atoms with Crippen LogP contribution in [-0.4, -0.2) is 0 Å². The third-order valence-corrected chi connectivity index (χ3v) is 3.53. The molecular formula is C13H9BrCl2FN. The van der Waals surface area contributed by atoms with Gasteiger partial charge in [0.2, 0.25) is 0 Å². The Morgan fingerprint density at radius 3 is 2.61 bits per heavy atom. The highest BCUT2D eigenvalue weighted by atomic mass is 79.9. The normalized spacial score (nSPS) is 10.4. The molecule has 94 valence electrons. The average molecular weight is 349 g/mol. The van der Waals surface area contributed by atoms with E-state index in [2.05, 4.69) is 21.2 Å². The fraction of sp³-hybridized carbons (Fsp3) is 0.0769. The predicted octanol–water partition coefficient (Wildman–Crippen LogP) is 5.51. The van der Waals surface area contributed by atoms with Crippen molar-refractivity contribution in [1.29, 1.82) is 0 Å². The van der Waals surface area contributed by atoms with Gasteiger partial charge in [-0.2, -0.15) is 0 Å². The zero-order chi connectivity index (χ0) is 13.1. The Morgan fingerprint density at radius 1 is 1.11 bits per heavy atom. The maximum atomic E-state index is 13.7. The van der Waals surface area contributed by atoms with Gasteiger partial charge in [0.15, 0.2) is 0 Å². The second-order valence-corrected chi connectivity index (χ2v) is 5.42. The maximum absolute atomic E-state index is 13.7. The van der Waals surface area contributed by atoms with Crippen LogP contribution in [0.1, 0.15) is 5.56 Å². The van der Waals surface area contributed by atoms with Gasteiger partial charge in [0, 0.05) is 16.6 Å². The van der Waals surface area contributed by atoms with Crippen molar-refractivity contribution in [2.24, 2.45) is 0 Å². The number of halogens is 4. The molecule has 5 heteroatoms. The van der Waals surface area contributed by atoms with E-state index >= 15 is 0 Å². The summed E-state index contributed by atoms with van der Waals surface area (Å²) in [6, 6.07) is 10.4. The SMILES string of the molecule is Fc1c(Cl)cccc1CNc1ccc(Br)cc1Cl. The number of rotatable bonds is 3. The highest BCUT2D eigenvalue weighted by Crippen LogP contribution is 2.26. The molecule has 0 spiro atoms. The van der Waals surface area contributed by atoms with Crippen molar-refractivity contribution in [3.63, 3.8) is 0 Å². The topological polar surface area (TPSA) is 12.0 Å². The number of hydrogen-bond acceptors (Lipinski definition) is 1. The first-order valence-corrected chi connectivity index (χ1v) is 6.74. The summed E-state index contributed by atoms with van der Waals surface area (Å²) in [5, 5.41) is 3.77. The van der Waals surface area contributed by atoms with E-state index in [4.69, 9.17) is 23.2 Å². The Bertz CT molecular complexity index is 575. The van der Waals surface area contributed by atoms with Crippen LogP contribution < -0.4 is 5.32 Å². The van der Waals surface area contributed by atoms with Crippen molar-refractivity contribution in [3.05, 3.63) is 62.3 Å². The molecule has 0 amide bonds. The minimum atomic E-state index is -0.403.